The van der Waals surface area contributed by atoms with Gasteiger partial charge in [-0.05, 0) is 37.8 Å². The van der Waals surface area contributed by atoms with Crippen molar-refractivity contribution in [3.8, 4) is 11.3 Å². The molecule has 3 aromatic rings. The van der Waals surface area contributed by atoms with Gasteiger partial charge in [0, 0.05) is 29.6 Å². The Hall–Kier alpha value is -2.58. The minimum Gasteiger partial charge on any atom is -0.356 e. The average molecular weight is 398 g/mol. The highest BCUT2D eigenvalue weighted by molar-refractivity contribution is 7.09. The molecule has 146 valence electrons. The smallest absolute Gasteiger partial charge is 0.234 e. The minimum absolute atomic E-state index is 0.0582. The number of nitrogens with zero attached hydrogens (tertiary/aromatic N) is 4. The minimum atomic E-state index is 0.0582. The van der Waals surface area contributed by atoms with Crippen LogP contribution in [0.2, 0.25) is 0 Å². The van der Waals surface area contributed by atoms with E-state index < -0.39 is 0 Å². The number of amides is 1. The molecule has 8 heteroatoms. The molecule has 0 spiro atoms. The van der Waals surface area contributed by atoms with E-state index in [9.17, 15) is 4.79 Å². The van der Waals surface area contributed by atoms with Crippen molar-refractivity contribution in [3.63, 3.8) is 0 Å². The molecular weight excluding hydrogens is 374 g/mol. The van der Waals surface area contributed by atoms with Crippen molar-refractivity contribution < 1.29 is 9.32 Å². The Balaban J connectivity index is 1.41. The Morgan fingerprint density at radius 2 is 2.39 bits per heavy atom. The monoisotopic (exact) mass is 397 g/mol. The predicted molar refractivity (Wildman–Crippen MR) is 107 cm³/mol. The number of carbonyl (C=O) groups is 1. The van der Waals surface area contributed by atoms with Gasteiger partial charge in [-0.1, -0.05) is 11.2 Å². The number of piperidine rings is 1. The Morgan fingerprint density at radius 3 is 3.18 bits per heavy atom. The van der Waals surface area contributed by atoms with Crippen molar-refractivity contribution in [1.29, 1.82) is 0 Å². The van der Waals surface area contributed by atoms with Crippen molar-refractivity contribution >= 4 is 17.2 Å². The first kappa shape index (κ1) is 18.8. The van der Waals surface area contributed by atoms with Crippen LogP contribution in [0.15, 0.2) is 40.6 Å². The Labute approximate surface area is 167 Å². The van der Waals surface area contributed by atoms with Crippen molar-refractivity contribution in [1.82, 2.24) is 25.3 Å². The number of rotatable bonds is 6. The van der Waals surface area contributed by atoms with Crippen LogP contribution in [0, 0.1) is 6.92 Å². The van der Waals surface area contributed by atoms with Gasteiger partial charge in [0.15, 0.2) is 5.76 Å². The molecule has 0 unspecified atom stereocenters. The van der Waals surface area contributed by atoms with Crippen LogP contribution >= 0.6 is 11.3 Å². The van der Waals surface area contributed by atoms with E-state index >= 15 is 0 Å². The summed E-state index contributed by atoms with van der Waals surface area (Å²) in [6, 6.07) is 5.93. The van der Waals surface area contributed by atoms with Crippen LogP contribution in [0.25, 0.3) is 11.3 Å². The largest absolute Gasteiger partial charge is 0.356 e. The van der Waals surface area contributed by atoms with E-state index in [2.05, 4.69) is 25.3 Å². The van der Waals surface area contributed by atoms with E-state index in [0.29, 0.717) is 18.8 Å². The summed E-state index contributed by atoms with van der Waals surface area (Å²) < 4.78 is 5.43. The van der Waals surface area contributed by atoms with Crippen molar-refractivity contribution in [2.45, 2.75) is 32.2 Å². The topological polar surface area (TPSA) is 84.2 Å². The van der Waals surface area contributed by atoms with Crippen LogP contribution in [-0.4, -0.2) is 45.6 Å². The SMILES string of the molecule is Cc1cc(-c2cncnc2[C@@H]2CCCN(CC(=O)NCc3cccs3)C2)on1. The number of carbonyl (C=O) groups excluding carboxylic acids is 1. The number of likely N-dealkylation sites (tertiary alicyclic amines) is 1. The lowest BCUT2D eigenvalue weighted by molar-refractivity contribution is -0.122. The molecule has 0 saturated carbocycles. The molecule has 1 N–H and O–H groups in total. The molecule has 1 atom stereocenters. The zero-order chi connectivity index (χ0) is 19.3. The summed E-state index contributed by atoms with van der Waals surface area (Å²) in [5.74, 6) is 0.990. The van der Waals surface area contributed by atoms with Crippen molar-refractivity contribution in [2.24, 2.45) is 0 Å². The lowest BCUT2D eigenvalue weighted by Crippen LogP contribution is -2.42. The highest BCUT2D eigenvalue weighted by Crippen LogP contribution is 2.32. The van der Waals surface area contributed by atoms with Gasteiger partial charge in [0.05, 0.1) is 30.0 Å². The molecule has 1 amide bonds. The van der Waals surface area contributed by atoms with Gasteiger partial charge in [0.2, 0.25) is 5.91 Å². The van der Waals surface area contributed by atoms with Crippen LogP contribution in [-0.2, 0) is 11.3 Å². The Morgan fingerprint density at radius 1 is 1.46 bits per heavy atom. The predicted octanol–water partition coefficient (Wildman–Crippen LogP) is 3.00. The third kappa shape index (κ3) is 4.45. The van der Waals surface area contributed by atoms with Gasteiger partial charge in [-0.15, -0.1) is 11.3 Å². The fourth-order valence-electron chi connectivity index (χ4n) is 3.62. The highest BCUT2D eigenvalue weighted by Gasteiger charge is 2.27. The molecule has 0 aliphatic carbocycles. The maximum Gasteiger partial charge on any atom is 0.234 e. The summed E-state index contributed by atoms with van der Waals surface area (Å²) in [5.41, 5.74) is 2.68. The first-order valence-electron chi connectivity index (χ1n) is 9.44. The highest BCUT2D eigenvalue weighted by atomic mass is 32.1. The summed E-state index contributed by atoms with van der Waals surface area (Å²) >= 11 is 1.65. The summed E-state index contributed by atoms with van der Waals surface area (Å²) in [7, 11) is 0. The lowest BCUT2D eigenvalue weighted by atomic mass is 9.91. The maximum atomic E-state index is 12.3. The van der Waals surface area contributed by atoms with E-state index in [0.717, 1.165) is 47.8 Å². The third-order valence-electron chi connectivity index (χ3n) is 4.94. The number of nitrogens with one attached hydrogen (secondary N) is 1. The fraction of sp³-hybridized carbons (Fsp3) is 0.400. The fourth-order valence-corrected chi connectivity index (χ4v) is 4.27. The average Bonchev–Trinajstić information content (AvgIpc) is 3.38. The molecule has 0 bridgehead atoms. The first-order chi connectivity index (χ1) is 13.7. The summed E-state index contributed by atoms with van der Waals surface area (Å²) in [4.78, 5) is 24.4. The van der Waals surface area contributed by atoms with Crippen LogP contribution in [0.5, 0.6) is 0 Å². The van der Waals surface area contributed by atoms with Crippen LogP contribution < -0.4 is 5.32 Å². The third-order valence-corrected chi connectivity index (χ3v) is 5.81. The second-order valence-corrected chi connectivity index (χ2v) is 8.12. The molecule has 0 radical (unpaired) electrons. The molecular formula is C20H23N5O2S. The zero-order valence-electron chi connectivity index (χ0n) is 15.8. The first-order valence-corrected chi connectivity index (χ1v) is 10.3. The number of hydrogen-bond acceptors (Lipinski definition) is 7. The maximum absolute atomic E-state index is 12.3. The standard InChI is InChI=1S/C20H23N5O2S/c1-14-8-18(27-24-14)17-10-21-13-23-20(17)15-4-2-6-25(11-15)12-19(26)22-9-16-5-3-7-28-16/h3,5,7-8,10,13,15H,2,4,6,9,11-12H2,1H3,(H,22,26)/t15-/m1/s1. The van der Waals surface area contributed by atoms with E-state index in [1.54, 1.807) is 23.9 Å². The second-order valence-electron chi connectivity index (χ2n) is 7.08. The molecule has 1 aliphatic rings. The summed E-state index contributed by atoms with van der Waals surface area (Å²) in [6.45, 7) is 4.61. The van der Waals surface area contributed by atoms with Crippen LogP contribution in [0.4, 0.5) is 0 Å². The van der Waals surface area contributed by atoms with Crippen LogP contribution in [0.3, 0.4) is 0 Å². The number of aromatic nitrogens is 3. The molecule has 3 aromatic heterocycles. The molecule has 7 nitrogen and oxygen atoms in total. The molecule has 1 fully saturated rings. The molecule has 1 saturated heterocycles. The van der Waals surface area contributed by atoms with Crippen molar-refractivity contribution in [2.75, 3.05) is 19.6 Å². The van der Waals surface area contributed by atoms with E-state index in [1.807, 2.05) is 30.5 Å². The van der Waals surface area contributed by atoms with Gasteiger partial charge in [0.1, 0.15) is 6.33 Å². The van der Waals surface area contributed by atoms with Crippen molar-refractivity contribution in [3.05, 3.63) is 52.4 Å². The number of aryl methyl sites for hydroxylation is 1. The van der Waals surface area contributed by atoms with Gasteiger partial charge in [-0.25, -0.2) is 9.97 Å². The van der Waals surface area contributed by atoms with Gasteiger partial charge in [-0.3, -0.25) is 9.69 Å². The molecule has 4 heterocycles. The Kier molecular flexibility index (Phi) is 5.78. The number of hydrogen-bond donors (Lipinski definition) is 1. The quantitative estimate of drug-likeness (QED) is 0.688. The van der Waals surface area contributed by atoms with E-state index in [1.165, 1.54) is 0 Å². The Bertz CT molecular complexity index is 924. The molecule has 1 aliphatic heterocycles. The lowest BCUT2D eigenvalue weighted by Gasteiger charge is -2.32. The van der Waals surface area contributed by atoms with Gasteiger partial charge in [-0.2, -0.15) is 0 Å². The van der Waals surface area contributed by atoms with Gasteiger partial charge < -0.3 is 9.84 Å². The van der Waals surface area contributed by atoms with Gasteiger partial charge in [0.25, 0.3) is 0 Å². The summed E-state index contributed by atoms with van der Waals surface area (Å²) in [5, 5.41) is 9.01. The molecule has 4 rings (SSSR count). The summed E-state index contributed by atoms with van der Waals surface area (Å²) in [6.07, 6.45) is 5.43. The van der Waals surface area contributed by atoms with E-state index in [-0.39, 0.29) is 11.8 Å². The second kappa shape index (κ2) is 8.62. The molecule has 28 heavy (non-hydrogen) atoms. The van der Waals surface area contributed by atoms with E-state index in [4.69, 9.17) is 4.52 Å². The van der Waals surface area contributed by atoms with Gasteiger partial charge >= 0.3 is 0 Å². The van der Waals surface area contributed by atoms with Crippen LogP contribution in [0.1, 0.15) is 35.0 Å². The zero-order valence-corrected chi connectivity index (χ0v) is 16.6. The normalized spacial score (nSPS) is 17.5. The number of thiophene rings is 1. The molecule has 0 aromatic carbocycles.